The highest BCUT2D eigenvalue weighted by molar-refractivity contribution is 4.97. The normalized spacial score (nSPS) is 46.4. The van der Waals surface area contributed by atoms with Gasteiger partial charge in [0.15, 0.2) is 0 Å². The van der Waals surface area contributed by atoms with Gasteiger partial charge in [-0.2, -0.15) is 0 Å². The van der Waals surface area contributed by atoms with E-state index >= 15 is 0 Å². The lowest BCUT2D eigenvalue weighted by Gasteiger charge is -2.54. The first-order valence-electron chi connectivity index (χ1n) is 6.19. The van der Waals surface area contributed by atoms with E-state index in [1.165, 1.54) is 38.5 Å². The Kier molecular flexibility index (Phi) is 2.42. The van der Waals surface area contributed by atoms with Crippen LogP contribution in [0.5, 0.6) is 0 Å². The summed E-state index contributed by atoms with van der Waals surface area (Å²) in [5.74, 6) is 3.07. The fraction of sp³-hybridized carbons (Fsp3) is 1.00. The van der Waals surface area contributed by atoms with Gasteiger partial charge in [-0.1, -0.05) is 27.2 Å². The van der Waals surface area contributed by atoms with Gasteiger partial charge in [0.05, 0.1) is 0 Å². The predicted molar refractivity (Wildman–Crippen MR) is 57.6 cm³/mol. The van der Waals surface area contributed by atoms with Crippen LogP contribution in [0.1, 0.15) is 59.3 Å². The zero-order valence-electron chi connectivity index (χ0n) is 9.47. The molecule has 2 bridgehead atoms. The van der Waals surface area contributed by atoms with Crippen molar-refractivity contribution in [1.29, 1.82) is 0 Å². The summed E-state index contributed by atoms with van der Waals surface area (Å²) in [6, 6.07) is 0. The summed E-state index contributed by atoms with van der Waals surface area (Å²) in [5, 5.41) is 0. The maximum Gasteiger partial charge on any atom is -0.0246 e. The molecule has 76 valence electrons. The molecule has 3 rings (SSSR count). The topological polar surface area (TPSA) is 0 Å². The molecular weight excluding hydrogens is 156 g/mol. The monoisotopic (exact) mass is 180 g/mol. The molecule has 0 N–H and O–H groups in total. The molecule has 0 amide bonds. The van der Waals surface area contributed by atoms with Crippen molar-refractivity contribution in [2.75, 3.05) is 0 Å². The van der Waals surface area contributed by atoms with Gasteiger partial charge in [0.2, 0.25) is 0 Å². The first kappa shape index (κ1) is 9.55. The minimum atomic E-state index is 0.753. The molecular formula is C13H24. The van der Waals surface area contributed by atoms with Gasteiger partial charge in [-0.15, -0.1) is 0 Å². The Morgan fingerprint density at radius 1 is 1.31 bits per heavy atom. The summed E-state index contributed by atoms with van der Waals surface area (Å²) in [4.78, 5) is 0. The third-order valence-corrected chi connectivity index (χ3v) is 5.30. The highest BCUT2D eigenvalue weighted by Gasteiger charge is 2.47. The number of hydrogen-bond acceptors (Lipinski definition) is 0. The van der Waals surface area contributed by atoms with Crippen molar-refractivity contribution in [1.82, 2.24) is 0 Å². The molecule has 0 radical (unpaired) electrons. The minimum Gasteiger partial charge on any atom is -0.0651 e. The van der Waals surface area contributed by atoms with E-state index < -0.39 is 0 Å². The number of fused-ring (bicyclic) bond motifs is 3. The maximum absolute atomic E-state index is 2.51. The maximum atomic E-state index is 2.51. The number of hydrogen-bond donors (Lipinski definition) is 0. The SMILES string of the molecule is CCC(C)C12CCC(CC1)CC2C. The Balaban J connectivity index is 2.17. The lowest BCUT2D eigenvalue weighted by Crippen LogP contribution is -2.44. The zero-order chi connectivity index (χ0) is 9.47. The van der Waals surface area contributed by atoms with Crippen LogP contribution in [-0.2, 0) is 0 Å². The largest absolute Gasteiger partial charge is 0.0651 e. The van der Waals surface area contributed by atoms with Gasteiger partial charge in [-0.25, -0.2) is 0 Å². The summed E-state index contributed by atoms with van der Waals surface area (Å²) in [7, 11) is 0. The third kappa shape index (κ3) is 1.33. The van der Waals surface area contributed by atoms with Crippen LogP contribution in [0.3, 0.4) is 0 Å². The van der Waals surface area contributed by atoms with E-state index in [1.807, 2.05) is 0 Å². The van der Waals surface area contributed by atoms with Crippen LogP contribution in [0.25, 0.3) is 0 Å². The van der Waals surface area contributed by atoms with Crippen LogP contribution in [0, 0.1) is 23.2 Å². The molecule has 0 nitrogen and oxygen atoms in total. The fourth-order valence-electron chi connectivity index (χ4n) is 4.06. The Labute approximate surface area is 83.1 Å². The van der Waals surface area contributed by atoms with E-state index in [0.29, 0.717) is 0 Å². The van der Waals surface area contributed by atoms with Gasteiger partial charge in [0.25, 0.3) is 0 Å². The highest BCUT2D eigenvalue weighted by atomic mass is 14.5. The lowest BCUT2D eigenvalue weighted by molar-refractivity contribution is -0.0408. The molecule has 2 unspecified atom stereocenters. The molecule has 3 aliphatic rings. The first-order chi connectivity index (χ1) is 6.19. The van der Waals surface area contributed by atoms with Crippen LogP contribution < -0.4 is 0 Å². The Bertz CT molecular complexity index is 168. The Hall–Kier alpha value is 0. The molecule has 0 aromatic carbocycles. The molecule has 2 atom stereocenters. The van der Waals surface area contributed by atoms with Crippen LogP contribution >= 0.6 is 0 Å². The van der Waals surface area contributed by atoms with Crippen LogP contribution in [0.2, 0.25) is 0 Å². The second-order valence-corrected chi connectivity index (χ2v) is 5.62. The molecule has 3 aliphatic carbocycles. The summed E-state index contributed by atoms with van der Waals surface area (Å²) in [5.41, 5.74) is 0.753. The van der Waals surface area contributed by atoms with Crippen LogP contribution in [-0.4, -0.2) is 0 Å². The average Bonchev–Trinajstić information content (AvgIpc) is 2.18. The van der Waals surface area contributed by atoms with E-state index in [-0.39, 0.29) is 0 Å². The smallest absolute Gasteiger partial charge is 0.0246 e. The van der Waals surface area contributed by atoms with E-state index in [0.717, 1.165) is 23.2 Å². The molecule has 0 spiro atoms. The highest BCUT2D eigenvalue weighted by Crippen LogP contribution is 2.57. The van der Waals surface area contributed by atoms with Gasteiger partial charge < -0.3 is 0 Å². The van der Waals surface area contributed by atoms with Crippen LogP contribution in [0.15, 0.2) is 0 Å². The molecule has 0 aromatic heterocycles. The van der Waals surface area contributed by atoms with Crippen molar-refractivity contribution in [3.63, 3.8) is 0 Å². The van der Waals surface area contributed by atoms with Gasteiger partial charge in [-0.3, -0.25) is 0 Å². The van der Waals surface area contributed by atoms with Crippen molar-refractivity contribution in [2.45, 2.75) is 59.3 Å². The minimum absolute atomic E-state index is 0.753. The van der Waals surface area contributed by atoms with Gasteiger partial charge >= 0.3 is 0 Å². The van der Waals surface area contributed by atoms with Crippen molar-refractivity contribution in [3.05, 3.63) is 0 Å². The second-order valence-electron chi connectivity index (χ2n) is 5.62. The standard InChI is InChI=1S/C13H24/c1-4-10(2)13-7-5-12(6-8-13)9-11(13)3/h10-12H,4-9H2,1-3H3. The van der Waals surface area contributed by atoms with Gasteiger partial charge in [-0.05, 0) is 55.3 Å². The summed E-state index contributed by atoms with van der Waals surface area (Å²) >= 11 is 0. The molecule has 0 heterocycles. The van der Waals surface area contributed by atoms with E-state index in [2.05, 4.69) is 20.8 Å². The molecule has 0 heteroatoms. The Morgan fingerprint density at radius 2 is 1.92 bits per heavy atom. The van der Waals surface area contributed by atoms with Crippen LogP contribution in [0.4, 0.5) is 0 Å². The summed E-state index contributed by atoms with van der Waals surface area (Å²) in [6.07, 6.45) is 9.06. The van der Waals surface area contributed by atoms with Crippen molar-refractivity contribution >= 4 is 0 Å². The Morgan fingerprint density at radius 3 is 2.38 bits per heavy atom. The third-order valence-electron chi connectivity index (χ3n) is 5.30. The summed E-state index contributed by atoms with van der Waals surface area (Å²) in [6.45, 7) is 7.37. The molecule has 13 heavy (non-hydrogen) atoms. The van der Waals surface area contributed by atoms with Crippen molar-refractivity contribution < 1.29 is 0 Å². The molecule has 3 fully saturated rings. The van der Waals surface area contributed by atoms with Crippen molar-refractivity contribution in [2.24, 2.45) is 23.2 Å². The quantitative estimate of drug-likeness (QED) is 0.596. The molecule has 0 aromatic rings. The van der Waals surface area contributed by atoms with Gasteiger partial charge in [0.1, 0.15) is 0 Å². The molecule has 3 saturated carbocycles. The fourth-order valence-corrected chi connectivity index (χ4v) is 4.06. The average molecular weight is 180 g/mol. The molecule has 0 aliphatic heterocycles. The number of rotatable bonds is 2. The predicted octanol–water partition coefficient (Wildman–Crippen LogP) is 4.25. The van der Waals surface area contributed by atoms with Crippen molar-refractivity contribution in [3.8, 4) is 0 Å². The first-order valence-corrected chi connectivity index (χ1v) is 6.19. The summed E-state index contributed by atoms with van der Waals surface area (Å²) < 4.78 is 0. The zero-order valence-corrected chi connectivity index (χ0v) is 9.47. The van der Waals surface area contributed by atoms with Gasteiger partial charge in [0, 0.05) is 0 Å². The second kappa shape index (κ2) is 3.29. The van der Waals surface area contributed by atoms with E-state index in [9.17, 15) is 0 Å². The van der Waals surface area contributed by atoms with E-state index in [1.54, 1.807) is 0 Å². The lowest BCUT2D eigenvalue weighted by atomic mass is 9.51. The van der Waals surface area contributed by atoms with E-state index in [4.69, 9.17) is 0 Å². The molecule has 0 saturated heterocycles.